The predicted octanol–water partition coefficient (Wildman–Crippen LogP) is 5.59. The zero-order valence-electron chi connectivity index (χ0n) is 19.9. The Hall–Kier alpha value is -2.75. The van der Waals surface area contributed by atoms with Gasteiger partial charge in [0.1, 0.15) is 5.69 Å². The second-order valence-corrected chi connectivity index (χ2v) is 11.6. The lowest BCUT2D eigenvalue weighted by Crippen LogP contribution is -2.47. The molecule has 10 heteroatoms. The van der Waals surface area contributed by atoms with Gasteiger partial charge in [-0.15, -0.1) is 10.2 Å². The first-order chi connectivity index (χ1) is 17.2. The molecule has 1 aliphatic heterocycles. The smallest absolute Gasteiger partial charge is 0.243 e. The highest BCUT2D eigenvalue weighted by Gasteiger charge is 2.29. The van der Waals surface area contributed by atoms with Crippen molar-refractivity contribution in [2.75, 3.05) is 38.5 Å². The summed E-state index contributed by atoms with van der Waals surface area (Å²) in [7, 11) is -1.63. The van der Waals surface area contributed by atoms with Crippen molar-refractivity contribution < 1.29 is 8.42 Å². The van der Waals surface area contributed by atoms with Gasteiger partial charge in [0.05, 0.1) is 14.9 Å². The van der Waals surface area contributed by atoms with Crippen LogP contribution in [0.2, 0.25) is 10.0 Å². The largest absolute Gasteiger partial charge is 0.338 e. The average molecular weight is 542 g/mol. The molecule has 7 nitrogen and oxygen atoms in total. The second-order valence-electron chi connectivity index (χ2n) is 8.88. The van der Waals surface area contributed by atoms with Crippen LogP contribution in [0, 0.1) is 6.92 Å². The van der Waals surface area contributed by atoms with Crippen LogP contribution in [0.5, 0.6) is 0 Å². The number of hydrogen-bond acceptors (Lipinski definition) is 6. The van der Waals surface area contributed by atoms with Gasteiger partial charge in [0.15, 0.2) is 5.82 Å². The van der Waals surface area contributed by atoms with Gasteiger partial charge in [-0.25, -0.2) is 8.42 Å². The number of likely N-dealkylation sites (N-methyl/N-ethyl adjacent to an activating group) is 1. The van der Waals surface area contributed by atoms with Crippen molar-refractivity contribution in [3.05, 3.63) is 76.3 Å². The number of rotatable bonds is 5. The first-order valence-electron chi connectivity index (χ1n) is 11.5. The molecule has 0 atom stereocenters. The van der Waals surface area contributed by atoms with E-state index in [2.05, 4.69) is 20.4 Å². The maximum atomic E-state index is 13.5. The van der Waals surface area contributed by atoms with Crippen molar-refractivity contribution in [2.45, 2.75) is 11.8 Å². The monoisotopic (exact) mass is 541 g/mol. The maximum Gasteiger partial charge on any atom is 0.243 e. The van der Waals surface area contributed by atoms with Gasteiger partial charge in [-0.1, -0.05) is 59.6 Å². The fourth-order valence-corrected chi connectivity index (χ4v) is 6.28. The van der Waals surface area contributed by atoms with Crippen molar-refractivity contribution >= 4 is 55.5 Å². The van der Waals surface area contributed by atoms with E-state index in [-0.39, 0.29) is 0 Å². The quantitative estimate of drug-likeness (QED) is 0.354. The van der Waals surface area contributed by atoms with E-state index in [0.29, 0.717) is 63.8 Å². The number of halogens is 2. The summed E-state index contributed by atoms with van der Waals surface area (Å²) >= 11 is 12.2. The number of nitrogens with zero attached hydrogens (tertiary/aromatic N) is 4. The first-order valence-corrected chi connectivity index (χ1v) is 13.7. The molecule has 0 radical (unpaired) electrons. The molecular weight excluding hydrogens is 517 g/mol. The molecule has 3 aromatic carbocycles. The summed E-state index contributed by atoms with van der Waals surface area (Å²) < 4.78 is 28.6. The standard InChI is InChI=1S/C26H25Cl2N5O2S/c1-17-7-8-18(15-24(17)36(34,35)33-13-11-32(2)12-14-33)25-20-5-3-4-6-21(20)26(31-30-25)29-19-9-10-22(27)23(28)16-19/h3-10,15-16H,11-14H2,1-2H3,(H,29,31). The highest BCUT2D eigenvalue weighted by atomic mass is 35.5. The zero-order valence-corrected chi connectivity index (χ0v) is 22.2. The molecule has 186 valence electrons. The van der Waals surface area contributed by atoms with Gasteiger partial charge in [-0.05, 0) is 43.8 Å². The Kier molecular flexibility index (Phi) is 6.89. The number of hydrogen-bond donors (Lipinski definition) is 1. The van der Waals surface area contributed by atoms with Crippen LogP contribution in [0.3, 0.4) is 0 Å². The molecule has 0 spiro atoms. The molecule has 0 unspecified atom stereocenters. The van der Waals surface area contributed by atoms with E-state index >= 15 is 0 Å². The summed E-state index contributed by atoms with van der Waals surface area (Å²) in [6.07, 6.45) is 0. The minimum Gasteiger partial charge on any atom is -0.338 e. The number of benzene rings is 3. The Balaban J connectivity index is 1.55. The molecule has 1 aromatic heterocycles. The highest BCUT2D eigenvalue weighted by molar-refractivity contribution is 7.89. The third-order valence-electron chi connectivity index (χ3n) is 6.41. The summed E-state index contributed by atoms with van der Waals surface area (Å²) in [4.78, 5) is 2.43. The lowest BCUT2D eigenvalue weighted by Gasteiger charge is -2.32. The molecule has 1 aliphatic rings. The fourth-order valence-electron chi connectivity index (χ4n) is 4.31. The van der Waals surface area contributed by atoms with Gasteiger partial charge in [0.2, 0.25) is 10.0 Å². The molecule has 36 heavy (non-hydrogen) atoms. The maximum absolute atomic E-state index is 13.5. The van der Waals surface area contributed by atoms with Crippen molar-refractivity contribution in [1.29, 1.82) is 0 Å². The van der Waals surface area contributed by atoms with Crippen molar-refractivity contribution in [3.63, 3.8) is 0 Å². The molecular formula is C26H25Cl2N5O2S. The highest BCUT2D eigenvalue weighted by Crippen LogP contribution is 2.34. The SMILES string of the molecule is Cc1ccc(-c2nnc(Nc3ccc(Cl)c(Cl)c3)c3ccccc23)cc1S(=O)(=O)N1CCN(C)CC1. The molecule has 0 aliphatic carbocycles. The molecule has 0 saturated carbocycles. The molecule has 2 heterocycles. The summed E-state index contributed by atoms with van der Waals surface area (Å²) in [6.45, 7) is 4.18. The summed E-state index contributed by atoms with van der Waals surface area (Å²) in [5.74, 6) is 0.560. The van der Waals surface area contributed by atoms with E-state index in [9.17, 15) is 8.42 Å². The first kappa shape index (κ1) is 24.9. The molecule has 1 saturated heterocycles. The predicted molar refractivity (Wildman–Crippen MR) is 146 cm³/mol. The minimum absolute atomic E-state index is 0.299. The van der Waals surface area contributed by atoms with Crippen LogP contribution in [-0.2, 0) is 10.0 Å². The lowest BCUT2D eigenvalue weighted by molar-refractivity contribution is 0.222. The summed E-state index contributed by atoms with van der Waals surface area (Å²) in [5, 5.41) is 14.8. The van der Waals surface area contributed by atoms with Crippen LogP contribution in [0.25, 0.3) is 22.0 Å². The number of piperazine rings is 1. The number of aromatic nitrogens is 2. The van der Waals surface area contributed by atoms with Crippen LogP contribution in [-0.4, -0.2) is 61.0 Å². The molecule has 5 rings (SSSR count). The van der Waals surface area contributed by atoms with Gasteiger partial charge in [-0.2, -0.15) is 4.31 Å². The van der Waals surface area contributed by atoms with Gasteiger partial charge >= 0.3 is 0 Å². The Bertz CT molecular complexity index is 1550. The van der Waals surface area contributed by atoms with E-state index in [4.69, 9.17) is 23.2 Å². The fraction of sp³-hybridized carbons (Fsp3) is 0.231. The summed E-state index contributed by atoms with van der Waals surface area (Å²) in [5.41, 5.74) is 2.73. The Morgan fingerprint density at radius 1 is 0.861 bits per heavy atom. The molecule has 4 aromatic rings. The molecule has 0 bridgehead atoms. The topological polar surface area (TPSA) is 78.4 Å². The third kappa shape index (κ3) is 4.79. The number of fused-ring (bicyclic) bond motifs is 1. The minimum atomic E-state index is -3.63. The number of anilines is 2. The normalized spacial score (nSPS) is 15.3. The van der Waals surface area contributed by atoms with E-state index in [0.717, 1.165) is 16.5 Å². The summed E-state index contributed by atoms with van der Waals surface area (Å²) in [6, 6.07) is 18.4. The Morgan fingerprint density at radius 2 is 1.58 bits per heavy atom. The van der Waals surface area contributed by atoms with E-state index in [1.807, 2.05) is 56.4 Å². The molecule has 1 N–H and O–H groups in total. The Labute approximate surface area is 220 Å². The third-order valence-corrected chi connectivity index (χ3v) is 9.19. The Morgan fingerprint density at radius 3 is 2.31 bits per heavy atom. The van der Waals surface area contributed by atoms with Gasteiger partial charge in [0.25, 0.3) is 0 Å². The van der Waals surface area contributed by atoms with Crippen LogP contribution in [0.4, 0.5) is 11.5 Å². The van der Waals surface area contributed by atoms with Crippen LogP contribution >= 0.6 is 23.2 Å². The molecule has 0 amide bonds. The van der Waals surface area contributed by atoms with Gasteiger partial charge in [-0.3, -0.25) is 0 Å². The number of aryl methyl sites for hydroxylation is 1. The second kappa shape index (κ2) is 9.95. The van der Waals surface area contributed by atoms with E-state index in [1.54, 1.807) is 22.5 Å². The van der Waals surface area contributed by atoms with Crippen molar-refractivity contribution in [2.24, 2.45) is 0 Å². The number of nitrogens with one attached hydrogen (secondary N) is 1. The van der Waals surface area contributed by atoms with Gasteiger partial charge < -0.3 is 10.2 Å². The molecule has 1 fully saturated rings. The zero-order chi connectivity index (χ0) is 25.4. The van der Waals surface area contributed by atoms with E-state index in [1.165, 1.54) is 0 Å². The van der Waals surface area contributed by atoms with E-state index < -0.39 is 10.0 Å². The average Bonchev–Trinajstić information content (AvgIpc) is 2.87. The van der Waals surface area contributed by atoms with Crippen molar-refractivity contribution in [1.82, 2.24) is 19.4 Å². The van der Waals surface area contributed by atoms with Crippen LogP contribution in [0.1, 0.15) is 5.56 Å². The number of sulfonamides is 1. The van der Waals surface area contributed by atoms with Crippen LogP contribution in [0.15, 0.2) is 65.6 Å². The van der Waals surface area contributed by atoms with Gasteiger partial charge in [0, 0.05) is 48.2 Å². The van der Waals surface area contributed by atoms with Crippen LogP contribution < -0.4 is 5.32 Å². The van der Waals surface area contributed by atoms with Crippen molar-refractivity contribution in [3.8, 4) is 11.3 Å². The lowest BCUT2D eigenvalue weighted by atomic mass is 10.0.